The summed E-state index contributed by atoms with van der Waals surface area (Å²) < 4.78 is 38.8. The fraction of sp³-hybridized carbons (Fsp3) is 0.538. The highest BCUT2D eigenvalue weighted by molar-refractivity contribution is 6.21. The van der Waals surface area contributed by atoms with Gasteiger partial charge in [-0.3, -0.25) is 0 Å². The van der Waals surface area contributed by atoms with Crippen molar-refractivity contribution in [1.82, 2.24) is 0 Å². The highest BCUT2D eigenvalue weighted by atomic mass is 35.5. The summed E-state index contributed by atoms with van der Waals surface area (Å²) in [5.41, 5.74) is -2.47. The molecule has 1 aliphatic rings. The summed E-state index contributed by atoms with van der Waals surface area (Å²) in [6.45, 7) is 0. The van der Waals surface area contributed by atoms with Gasteiger partial charge in [-0.2, -0.15) is 13.2 Å². The second-order valence-corrected chi connectivity index (χ2v) is 5.21. The van der Waals surface area contributed by atoms with Crippen LogP contribution >= 0.6 is 11.6 Å². The predicted octanol–water partition coefficient (Wildman–Crippen LogP) is 4.07. The van der Waals surface area contributed by atoms with Gasteiger partial charge in [0.15, 0.2) is 0 Å². The monoisotopic (exact) mass is 278 g/mol. The molecule has 0 radical (unpaired) electrons. The van der Waals surface area contributed by atoms with E-state index in [1.54, 1.807) is 0 Å². The Morgan fingerprint density at radius 3 is 2.50 bits per heavy atom. The maximum atomic E-state index is 12.9. The molecule has 1 fully saturated rings. The van der Waals surface area contributed by atoms with Crippen molar-refractivity contribution in [3.8, 4) is 0 Å². The van der Waals surface area contributed by atoms with Gasteiger partial charge in [-0.1, -0.05) is 31.0 Å². The van der Waals surface area contributed by atoms with E-state index in [1.165, 1.54) is 18.2 Å². The molecule has 18 heavy (non-hydrogen) atoms. The molecule has 2 rings (SSSR count). The molecule has 0 saturated heterocycles. The van der Waals surface area contributed by atoms with Crippen molar-refractivity contribution in [1.29, 1.82) is 0 Å². The smallest absolute Gasteiger partial charge is 0.384 e. The molecule has 1 saturated carbocycles. The number of benzene rings is 1. The lowest BCUT2D eigenvalue weighted by molar-refractivity contribution is -0.141. The highest BCUT2D eigenvalue weighted by Gasteiger charge is 2.45. The predicted molar refractivity (Wildman–Crippen MR) is 63.4 cm³/mol. The van der Waals surface area contributed by atoms with E-state index in [4.69, 9.17) is 11.6 Å². The van der Waals surface area contributed by atoms with Gasteiger partial charge in [0.1, 0.15) is 5.60 Å². The van der Waals surface area contributed by atoms with Crippen LogP contribution in [0.5, 0.6) is 0 Å². The van der Waals surface area contributed by atoms with Crippen molar-refractivity contribution >= 4 is 11.6 Å². The summed E-state index contributed by atoms with van der Waals surface area (Å²) in [6, 6.07) is 5.14. The van der Waals surface area contributed by atoms with Gasteiger partial charge >= 0.3 is 6.18 Å². The highest BCUT2D eigenvalue weighted by Crippen LogP contribution is 2.45. The zero-order valence-corrected chi connectivity index (χ0v) is 10.4. The zero-order chi connectivity index (χ0) is 13.4. The Morgan fingerprint density at radius 2 is 1.89 bits per heavy atom. The largest absolute Gasteiger partial charge is 0.416 e. The Balaban J connectivity index is 2.50. The molecule has 1 aromatic rings. The molecule has 5 heteroatoms. The van der Waals surface area contributed by atoms with Crippen molar-refractivity contribution in [2.75, 3.05) is 0 Å². The van der Waals surface area contributed by atoms with Crippen LogP contribution in [0.2, 0.25) is 0 Å². The topological polar surface area (TPSA) is 20.2 Å². The summed E-state index contributed by atoms with van der Waals surface area (Å²) in [5.74, 6) is 0. The molecule has 2 atom stereocenters. The van der Waals surface area contributed by atoms with Crippen LogP contribution in [0.4, 0.5) is 13.2 Å². The van der Waals surface area contributed by atoms with E-state index >= 15 is 0 Å². The second kappa shape index (κ2) is 4.74. The van der Waals surface area contributed by atoms with Crippen LogP contribution in [0.3, 0.4) is 0 Å². The fourth-order valence-electron chi connectivity index (χ4n) is 2.52. The van der Waals surface area contributed by atoms with Crippen LogP contribution in [0.25, 0.3) is 0 Å². The number of rotatable bonds is 1. The van der Waals surface area contributed by atoms with E-state index < -0.39 is 22.7 Å². The summed E-state index contributed by atoms with van der Waals surface area (Å²) in [6.07, 6.45) is -2.14. The van der Waals surface area contributed by atoms with Crippen LogP contribution in [0.1, 0.15) is 36.8 Å². The molecule has 1 N–H and O–H groups in total. The van der Waals surface area contributed by atoms with E-state index in [9.17, 15) is 18.3 Å². The lowest BCUT2D eigenvalue weighted by Gasteiger charge is -2.38. The summed E-state index contributed by atoms with van der Waals surface area (Å²) >= 11 is 6.06. The third-order valence-corrected chi connectivity index (χ3v) is 4.06. The fourth-order valence-corrected chi connectivity index (χ4v) is 2.91. The molecular weight excluding hydrogens is 265 g/mol. The lowest BCUT2D eigenvalue weighted by atomic mass is 9.77. The quantitative estimate of drug-likeness (QED) is 0.768. The first-order valence-corrected chi connectivity index (χ1v) is 6.32. The third-order valence-electron chi connectivity index (χ3n) is 3.48. The van der Waals surface area contributed by atoms with Crippen LogP contribution in [-0.4, -0.2) is 10.5 Å². The first-order chi connectivity index (χ1) is 8.36. The maximum absolute atomic E-state index is 12.9. The van der Waals surface area contributed by atoms with E-state index in [-0.39, 0.29) is 12.0 Å². The van der Waals surface area contributed by atoms with Crippen LogP contribution < -0.4 is 0 Å². The molecule has 0 aromatic heterocycles. The van der Waals surface area contributed by atoms with Gasteiger partial charge < -0.3 is 5.11 Å². The van der Waals surface area contributed by atoms with Crippen molar-refractivity contribution in [3.05, 3.63) is 35.4 Å². The minimum Gasteiger partial charge on any atom is -0.384 e. The van der Waals surface area contributed by atoms with E-state index in [0.29, 0.717) is 12.8 Å². The summed E-state index contributed by atoms with van der Waals surface area (Å²) in [7, 11) is 0. The molecule has 1 aromatic carbocycles. The molecule has 1 nitrogen and oxygen atoms in total. The molecule has 1 aliphatic carbocycles. The third kappa shape index (κ3) is 2.36. The lowest BCUT2D eigenvalue weighted by Crippen LogP contribution is -2.40. The summed E-state index contributed by atoms with van der Waals surface area (Å²) in [5, 5.41) is 9.85. The zero-order valence-electron chi connectivity index (χ0n) is 9.67. The van der Waals surface area contributed by atoms with Gasteiger partial charge in [-0.05, 0) is 24.5 Å². The van der Waals surface area contributed by atoms with Gasteiger partial charge in [-0.15, -0.1) is 11.6 Å². The number of hydrogen-bond donors (Lipinski definition) is 1. The minimum atomic E-state index is -4.47. The van der Waals surface area contributed by atoms with E-state index in [0.717, 1.165) is 12.5 Å². The standard InChI is InChI=1S/C13H14ClF3O/c14-11-7-3-4-8-12(11,18)9-5-1-2-6-10(9)13(15,16)17/h1-2,5-6,11,18H,3-4,7-8H2/t11-,12+/m0/s1. The first kappa shape index (κ1) is 13.7. The maximum Gasteiger partial charge on any atom is 0.416 e. The van der Waals surface area contributed by atoms with Crippen molar-refractivity contribution < 1.29 is 18.3 Å². The Hall–Kier alpha value is -0.740. The molecule has 0 aliphatic heterocycles. The van der Waals surface area contributed by atoms with Crippen LogP contribution in [0, 0.1) is 0 Å². The van der Waals surface area contributed by atoms with Crippen molar-refractivity contribution in [2.45, 2.75) is 42.8 Å². The van der Waals surface area contributed by atoms with Gasteiger partial charge in [0.05, 0.1) is 10.9 Å². The molecule has 0 heterocycles. The molecule has 0 unspecified atom stereocenters. The van der Waals surface area contributed by atoms with Crippen molar-refractivity contribution in [2.24, 2.45) is 0 Å². The van der Waals surface area contributed by atoms with Crippen molar-refractivity contribution in [3.63, 3.8) is 0 Å². The second-order valence-electron chi connectivity index (χ2n) is 4.68. The first-order valence-electron chi connectivity index (χ1n) is 5.89. The minimum absolute atomic E-state index is 0.0998. The number of aliphatic hydroxyl groups is 1. The Labute approximate surface area is 109 Å². The molecule has 0 amide bonds. The molecule has 0 bridgehead atoms. The number of hydrogen-bond acceptors (Lipinski definition) is 1. The Morgan fingerprint density at radius 1 is 1.22 bits per heavy atom. The van der Waals surface area contributed by atoms with E-state index in [1.807, 2.05) is 0 Å². The average molecular weight is 279 g/mol. The molecule has 0 spiro atoms. The van der Waals surface area contributed by atoms with E-state index in [2.05, 4.69) is 0 Å². The molecule has 100 valence electrons. The van der Waals surface area contributed by atoms with Crippen LogP contribution in [0.15, 0.2) is 24.3 Å². The van der Waals surface area contributed by atoms with Gasteiger partial charge in [0.2, 0.25) is 0 Å². The molecular formula is C13H14ClF3O. The Kier molecular flexibility index (Phi) is 3.60. The number of alkyl halides is 4. The van der Waals surface area contributed by atoms with Gasteiger partial charge in [-0.25, -0.2) is 0 Å². The van der Waals surface area contributed by atoms with Crippen LogP contribution in [-0.2, 0) is 11.8 Å². The van der Waals surface area contributed by atoms with Gasteiger partial charge in [0.25, 0.3) is 0 Å². The Bertz CT molecular complexity index is 432. The normalized spacial score (nSPS) is 29.3. The van der Waals surface area contributed by atoms with Gasteiger partial charge in [0, 0.05) is 0 Å². The SMILES string of the molecule is O[C@@]1(c2ccccc2C(F)(F)F)CCCC[C@@H]1Cl. The summed E-state index contributed by atoms with van der Waals surface area (Å²) in [4.78, 5) is 0. The average Bonchev–Trinajstić information content (AvgIpc) is 2.32. The number of halogens is 4.